The van der Waals surface area contributed by atoms with E-state index in [4.69, 9.17) is 0 Å². The predicted molar refractivity (Wildman–Crippen MR) is 183 cm³/mol. The van der Waals surface area contributed by atoms with Crippen molar-refractivity contribution >= 4 is 24.0 Å². The number of rotatable bonds is 34. The summed E-state index contributed by atoms with van der Waals surface area (Å²) in [6, 6.07) is 0. The van der Waals surface area contributed by atoms with Crippen LogP contribution in [0.2, 0.25) is 0 Å². The molecule has 0 fully saturated rings. The molecule has 0 aliphatic carbocycles. The van der Waals surface area contributed by atoms with Crippen molar-refractivity contribution in [1.82, 2.24) is 4.67 Å². The first-order chi connectivity index (χ1) is 20.2. The molecule has 0 aromatic rings. The lowest BCUT2D eigenvalue weighted by atomic mass is 9.99. The first kappa shape index (κ1) is 39.8. The normalized spacial score (nSPS) is 11.1. The fourth-order valence-electron chi connectivity index (χ4n) is 5.88. The number of Topliss-reactive ketones (excluding diaryl/α,β-unsaturated/α-hetero) is 2. The molecule has 240 valence electrons. The molecule has 0 aliphatic rings. The van der Waals surface area contributed by atoms with Crippen LogP contribution in [0.1, 0.15) is 219 Å². The van der Waals surface area contributed by atoms with Gasteiger partial charge >= 0.3 is 5.71 Å². The van der Waals surface area contributed by atoms with Crippen molar-refractivity contribution in [2.24, 2.45) is 0 Å². The van der Waals surface area contributed by atoms with Gasteiger partial charge < -0.3 is 0 Å². The van der Waals surface area contributed by atoms with E-state index in [1.807, 2.05) is 0 Å². The first-order valence-corrected chi connectivity index (χ1v) is 18.6. The molecule has 3 heteroatoms. The van der Waals surface area contributed by atoms with Gasteiger partial charge in [0, 0.05) is 12.8 Å². The zero-order valence-corrected chi connectivity index (χ0v) is 28.1. The van der Waals surface area contributed by atoms with Gasteiger partial charge in [-0.05, 0) is 12.8 Å². The van der Waals surface area contributed by atoms with E-state index in [-0.39, 0.29) is 17.3 Å². The third kappa shape index (κ3) is 28.7. The molecule has 41 heavy (non-hydrogen) atoms. The SMILES string of the molecule is C=[N+]=C(C(=O)CCCCCCCCCCCCCCCCC)C(=O)CCCCCCCCCCCCCCCCC. The molecular weight excluding hydrogens is 502 g/mol. The molecular formula is C38H72NO2+. The van der Waals surface area contributed by atoms with Crippen LogP contribution in [-0.2, 0) is 9.59 Å². The summed E-state index contributed by atoms with van der Waals surface area (Å²) in [6.07, 6.45) is 40.1. The standard InChI is InChI=1S/C38H72NO2/c1-4-6-8-10-12-14-16-18-20-22-24-26-28-30-32-34-36(40)38(39-3)37(41)35-33-31-29-27-25-23-21-19-17-15-13-11-9-7-5-2/h3-35H2,1-2H3/q+1. The molecule has 3 nitrogen and oxygen atoms in total. The molecule has 0 aliphatic heterocycles. The van der Waals surface area contributed by atoms with E-state index in [9.17, 15) is 9.59 Å². The number of carbonyl (C=O) groups is 2. The number of unbranched alkanes of at least 4 members (excludes halogenated alkanes) is 28. The second-order valence-corrected chi connectivity index (χ2v) is 12.8. The van der Waals surface area contributed by atoms with E-state index in [1.54, 1.807) is 0 Å². The number of ketones is 2. The zero-order valence-electron chi connectivity index (χ0n) is 28.1. The molecule has 0 heterocycles. The Balaban J connectivity index is 3.55. The fraction of sp³-hybridized carbons (Fsp3) is 0.895. The molecule has 0 N–H and O–H groups in total. The molecule has 0 radical (unpaired) electrons. The van der Waals surface area contributed by atoms with Crippen LogP contribution in [0.4, 0.5) is 0 Å². The molecule has 0 unspecified atom stereocenters. The summed E-state index contributed by atoms with van der Waals surface area (Å²) < 4.78 is 3.83. The highest BCUT2D eigenvalue weighted by Crippen LogP contribution is 2.15. The highest BCUT2D eigenvalue weighted by molar-refractivity contribution is 6.65. The number of hydrogen-bond donors (Lipinski definition) is 0. The fourth-order valence-corrected chi connectivity index (χ4v) is 5.88. The van der Waals surface area contributed by atoms with Crippen LogP contribution in [0, 0.1) is 0 Å². The minimum absolute atomic E-state index is 0.0966. The molecule has 0 amide bonds. The maximum absolute atomic E-state index is 12.5. The molecule has 0 bridgehead atoms. The van der Waals surface area contributed by atoms with Gasteiger partial charge in [0.25, 0.3) is 6.72 Å². The molecule has 0 spiro atoms. The number of carbonyl (C=O) groups excluding carboxylic acids is 2. The minimum Gasteiger partial charge on any atom is -0.286 e. The lowest BCUT2D eigenvalue weighted by molar-refractivity contribution is -0.117. The van der Waals surface area contributed by atoms with Crippen LogP contribution in [0.3, 0.4) is 0 Å². The maximum Gasteiger partial charge on any atom is 0.411 e. The van der Waals surface area contributed by atoms with Gasteiger partial charge in [0.05, 0.1) is 0 Å². The summed E-state index contributed by atoms with van der Waals surface area (Å²) in [4.78, 5) is 25.0. The minimum atomic E-state index is -0.0966. The Morgan fingerprint density at radius 3 is 0.756 bits per heavy atom. The largest absolute Gasteiger partial charge is 0.411 e. The van der Waals surface area contributed by atoms with Crippen LogP contribution in [0.15, 0.2) is 0 Å². The molecule has 0 saturated heterocycles. The van der Waals surface area contributed by atoms with Crippen molar-refractivity contribution in [3.05, 3.63) is 0 Å². The summed E-state index contributed by atoms with van der Waals surface area (Å²) in [5.41, 5.74) is 0.112. The lowest BCUT2D eigenvalue weighted by Gasteiger charge is -2.03. The summed E-state index contributed by atoms with van der Waals surface area (Å²) in [5.74, 6) is -0.193. The Kier molecular flexibility index (Phi) is 32.3. The van der Waals surface area contributed by atoms with Gasteiger partial charge in [-0.15, -0.1) is 0 Å². The lowest BCUT2D eigenvalue weighted by Crippen LogP contribution is -2.26. The Labute approximate surface area is 257 Å². The Morgan fingerprint density at radius 2 is 0.561 bits per heavy atom. The Morgan fingerprint density at radius 1 is 0.366 bits per heavy atom. The highest BCUT2D eigenvalue weighted by atomic mass is 16.1. The van der Waals surface area contributed by atoms with Crippen LogP contribution in [0.5, 0.6) is 0 Å². The number of nitrogens with zero attached hydrogens (tertiary/aromatic N) is 1. The van der Waals surface area contributed by atoms with Crippen molar-refractivity contribution in [3.63, 3.8) is 0 Å². The van der Waals surface area contributed by atoms with Crippen molar-refractivity contribution < 1.29 is 9.59 Å². The zero-order chi connectivity index (χ0) is 30.1. The number of hydrogen-bond acceptors (Lipinski definition) is 2. The van der Waals surface area contributed by atoms with Gasteiger partial charge in [0.15, 0.2) is 0 Å². The van der Waals surface area contributed by atoms with Gasteiger partial charge in [0.1, 0.15) is 0 Å². The average molecular weight is 575 g/mol. The highest BCUT2D eigenvalue weighted by Gasteiger charge is 2.28. The summed E-state index contributed by atoms with van der Waals surface area (Å²) in [6.45, 7) is 8.07. The summed E-state index contributed by atoms with van der Waals surface area (Å²) >= 11 is 0. The van der Waals surface area contributed by atoms with E-state index in [0.29, 0.717) is 12.8 Å². The monoisotopic (exact) mass is 575 g/mol. The second kappa shape index (κ2) is 33.3. The molecule has 0 aromatic carbocycles. The Bertz CT molecular complexity index is 586. The van der Waals surface area contributed by atoms with Crippen LogP contribution < -0.4 is 4.67 Å². The van der Waals surface area contributed by atoms with E-state index in [2.05, 4.69) is 25.2 Å². The van der Waals surface area contributed by atoms with Gasteiger partial charge in [-0.3, -0.25) is 9.59 Å². The smallest absolute Gasteiger partial charge is 0.286 e. The van der Waals surface area contributed by atoms with Crippen LogP contribution in [-0.4, -0.2) is 24.0 Å². The van der Waals surface area contributed by atoms with Crippen LogP contribution in [0.25, 0.3) is 0 Å². The molecule has 0 rings (SSSR count). The predicted octanol–water partition coefficient (Wildman–Crippen LogP) is 11.9. The first-order valence-electron chi connectivity index (χ1n) is 18.6. The van der Waals surface area contributed by atoms with Crippen molar-refractivity contribution in [3.8, 4) is 0 Å². The third-order valence-electron chi connectivity index (χ3n) is 8.70. The van der Waals surface area contributed by atoms with E-state index in [0.717, 1.165) is 25.7 Å². The Hall–Kier alpha value is -1.21. The average Bonchev–Trinajstić information content (AvgIpc) is 2.97. The molecule has 0 aromatic heterocycles. The summed E-state index contributed by atoms with van der Waals surface area (Å²) in [7, 11) is 0. The van der Waals surface area contributed by atoms with Crippen molar-refractivity contribution in [1.29, 1.82) is 0 Å². The van der Waals surface area contributed by atoms with Gasteiger partial charge in [-0.25, -0.2) is 0 Å². The summed E-state index contributed by atoms with van der Waals surface area (Å²) in [5, 5.41) is 0. The van der Waals surface area contributed by atoms with Gasteiger partial charge in [-0.2, -0.15) is 0 Å². The van der Waals surface area contributed by atoms with Gasteiger partial charge in [-0.1, -0.05) is 198 Å². The quantitative estimate of drug-likeness (QED) is 0.0332. The van der Waals surface area contributed by atoms with Gasteiger partial charge in [0.2, 0.25) is 11.6 Å². The second-order valence-electron chi connectivity index (χ2n) is 12.8. The van der Waals surface area contributed by atoms with Crippen LogP contribution >= 0.6 is 0 Å². The third-order valence-corrected chi connectivity index (χ3v) is 8.70. The van der Waals surface area contributed by atoms with Crippen molar-refractivity contribution in [2.45, 2.75) is 219 Å². The molecule has 0 saturated carbocycles. The van der Waals surface area contributed by atoms with E-state index in [1.165, 1.54) is 167 Å². The van der Waals surface area contributed by atoms with E-state index < -0.39 is 0 Å². The van der Waals surface area contributed by atoms with Crippen molar-refractivity contribution in [2.75, 3.05) is 0 Å². The maximum atomic E-state index is 12.5. The van der Waals surface area contributed by atoms with E-state index >= 15 is 0 Å². The topological polar surface area (TPSA) is 48.2 Å². The molecule has 0 atom stereocenters.